The third kappa shape index (κ3) is 14.1. The molecule has 0 fully saturated rings. The molecule has 2 amide bonds. The zero-order valence-electron chi connectivity index (χ0n) is 15.3. The van der Waals surface area contributed by atoms with E-state index in [1.165, 1.54) is 49.7 Å². The minimum absolute atomic E-state index is 0. The van der Waals surface area contributed by atoms with Gasteiger partial charge in [-0.15, -0.1) is 0 Å². The van der Waals surface area contributed by atoms with Gasteiger partial charge in [-0.2, -0.15) is 0 Å². The van der Waals surface area contributed by atoms with Crippen LogP contribution in [0.4, 0.5) is 15.3 Å². The fourth-order valence-corrected chi connectivity index (χ4v) is 2.62. The van der Waals surface area contributed by atoms with Crippen molar-refractivity contribution in [2.75, 3.05) is 5.32 Å². The summed E-state index contributed by atoms with van der Waals surface area (Å²) in [6.45, 7) is 4.43. The average Bonchev–Trinajstić information content (AvgIpc) is 2.49. The summed E-state index contributed by atoms with van der Waals surface area (Å²) in [5, 5.41) is 1.66. The molecule has 25 heavy (non-hydrogen) atoms. The van der Waals surface area contributed by atoms with Crippen LogP contribution in [0.15, 0.2) is 18.2 Å². The SMILES string of the molecule is CCCCCc1cccc(NC(=O)[S-])c1CCCCC.NC(=O)[S-].[Zn+2]. The molecule has 0 unspecified atom stereocenters. The van der Waals surface area contributed by atoms with Crippen LogP contribution in [0.2, 0.25) is 0 Å². The zero-order chi connectivity index (χ0) is 18.4. The Morgan fingerprint density at radius 3 is 2.00 bits per heavy atom. The largest absolute Gasteiger partial charge is 2.00 e. The van der Waals surface area contributed by atoms with Gasteiger partial charge < -0.3 is 45.9 Å². The summed E-state index contributed by atoms with van der Waals surface area (Å²) < 4.78 is 0. The van der Waals surface area contributed by atoms with E-state index in [4.69, 9.17) is 4.79 Å². The van der Waals surface area contributed by atoms with E-state index < -0.39 is 10.5 Å². The van der Waals surface area contributed by atoms with E-state index in [0.29, 0.717) is 0 Å². The number of carbonyl (C=O) groups excluding carboxylic acids is 2. The van der Waals surface area contributed by atoms with E-state index in [1.807, 2.05) is 12.1 Å². The summed E-state index contributed by atoms with van der Waals surface area (Å²) in [7, 11) is 0. The molecule has 0 aromatic heterocycles. The molecule has 0 aliphatic heterocycles. The van der Waals surface area contributed by atoms with Crippen LogP contribution < -0.4 is 11.1 Å². The third-order valence-corrected chi connectivity index (χ3v) is 3.69. The van der Waals surface area contributed by atoms with Crippen LogP contribution in [0.25, 0.3) is 0 Å². The monoisotopic (exact) mass is 432 g/mol. The zero-order valence-corrected chi connectivity index (χ0v) is 19.9. The van der Waals surface area contributed by atoms with Crippen LogP contribution in [-0.2, 0) is 57.6 Å². The molecular formula is C18H28N2O2S2Zn. The maximum absolute atomic E-state index is 11.2. The summed E-state index contributed by atoms with van der Waals surface area (Å²) in [5.41, 5.74) is 7.86. The quantitative estimate of drug-likeness (QED) is 0.332. The van der Waals surface area contributed by atoms with E-state index in [9.17, 15) is 4.79 Å². The molecule has 1 rings (SSSR count). The van der Waals surface area contributed by atoms with Gasteiger partial charge in [-0.1, -0.05) is 51.7 Å². The summed E-state index contributed by atoms with van der Waals surface area (Å²) >= 11 is 8.41. The minimum Gasteiger partial charge on any atom is -0.719 e. The fraction of sp³-hybridized carbons (Fsp3) is 0.556. The normalized spacial score (nSPS) is 9.36. The summed E-state index contributed by atoms with van der Waals surface area (Å²) in [6, 6.07) is 6.18. The Hall–Kier alpha value is -0.777. The van der Waals surface area contributed by atoms with Crippen LogP contribution in [0.5, 0.6) is 0 Å². The number of anilines is 1. The Labute approximate surface area is 175 Å². The van der Waals surface area contributed by atoms with Gasteiger partial charge >= 0.3 is 19.5 Å². The molecular weight excluding hydrogens is 406 g/mol. The minimum atomic E-state index is -0.750. The number of amides is 2. The maximum Gasteiger partial charge on any atom is 2.00 e. The Morgan fingerprint density at radius 2 is 1.52 bits per heavy atom. The molecule has 0 bridgehead atoms. The average molecular weight is 434 g/mol. The van der Waals surface area contributed by atoms with Gasteiger partial charge in [-0.05, 0) is 42.9 Å². The first-order valence-electron chi connectivity index (χ1n) is 8.47. The molecule has 0 heterocycles. The fourth-order valence-electron chi connectivity index (χ4n) is 2.51. The van der Waals surface area contributed by atoms with Gasteiger partial charge in [0.1, 0.15) is 5.24 Å². The first-order valence-corrected chi connectivity index (χ1v) is 9.29. The van der Waals surface area contributed by atoms with Crippen LogP contribution in [0.3, 0.4) is 0 Å². The topological polar surface area (TPSA) is 72.2 Å². The smallest absolute Gasteiger partial charge is 0.719 e. The standard InChI is InChI=1S/C17H27NOS.CH3NOS.Zn/c1-3-5-7-10-14-11-9-13-16(18-17(19)20)15(14)12-8-6-4-2;2-1(3)4;/h9,11,13H,3-8,10,12H2,1-2H3,(H2,18,19,20);(H3,2,3,4);/q;;+2/p-2. The van der Waals surface area contributed by atoms with Crippen LogP contribution in [-0.4, -0.2) is 10.5 Å². The molecule has 136 valence electrons. The number of nitrogens with one attached hydrogen (secondary N) is 1. The molecule has 1 aromatic carbocycles. The second kappa shape index (κ2) is 16.7. The predicted octanol–water partition coefficient (Wildman–Crippen LogP) is 4.84. The number of nitrogens with two attached hydrogens (primary N) is 1. The number of unbranched alkanes of at least 4 members (excludes halogenated alkanes) is 4. The molecule has 0 saturated carbocycles. The van der Waals surface area contributed by atoms with Gasteiger partial charge in [-0.3, -0.25) is 0 Å². The maximum atomic E-state index is 11.2. The molecule has 0 aliphatic carbocycles. The molecule has 4 nitrogen and oxygen atoms in total. The van der Waals surface area contributed by atoms with Crippen molar-refractivity contribution in [1.82, 2.24) is 0 Å². The number of rotatable bonds is 9. The molecule has 0 saturated heterocycles. The number of primary amides is 1. The number of hydrogen-bond acceptors (Lipinski definition) is 4. The van der Waals surface area contributed by atoms with E-state index in [-0.39, 0.29) is 19.5 Å². The predicted molar refractivity (Wildman–Crippen MR) is 106 cm³/mol. The van der Waals surface area contributed by atoms with Crippen molar-refractivity contribution in [2.24, 2.45) is 5.73 Å². The number of carbonyl (C=O) groups is 2. The van der Waals surface area contributed by atoms with Crippen molar-refractivity contribution >= 4 is 41.4 Å². The number of benzene rings is 1. The molecule has 1 aromatic rings. The summed E-state index contributed by atoms with van der Waals surface area (Å²) in [6.07, 6.45) is 9.42. The summed E-state index contributed by atoms with van der Waals surface area (Å²) in [4.78, 5) is 20.2. The summed E-state index contributed by atoms with van der Waals surface area (Å²) in [5.74, 6) is 0. The van der Waals surface area contributed by atoms with Gasteiger partial charge in [0.05, 0.1) is 5.24 Å². The first kappa shape index (κ1) is 26.5. The van der Waals surface area contributed by atoms with Crippen LogP contribution >= 0.6 is 0 Å². The van der Waals surface area contributed by atoms with E-state index in [2.05, 4.69) is 56.2 Å². The van der Waals surface area contributed by atoms with Crippen molar-refractivity contribution in [2.45, 2.75) is 65.2 Å². The molecule has 3 N–H and O–H groups in total. The van der Waals surface area contributed by atoms with Gasteiger partial charge in [-0.25, -0.2) is 0 Å². The van der Waals surface area contributed by atoms with E-state index in [0.717, 1.165) is 18.5 Å². The molecule has 0 aliphatic rings. The second-order valence-electron chi connectivity index (χ2n) is 5.59. The van der Waals surface area contributed by atoms with Crippen molar-refractivity contribution in [3.8, 4) is 0 Å². The van der Waals surface area contributed by atoms with Gasteiger partial charge in [0.25, 0.3) is 0 Å². The van der Waals surface area contributed by atoms with Crippen molar-refractivity contribution in [3.63, 3.8) is 0 Å². The Bertz CT molecular complexity index is 510. The van der Waals surface area contributed by atoms with Gasteiger partial charge in [0.2, 0.25) is 0 Å². The molecule has 0 atom stereocenters. The van der Waals surface area contributed by atoms with Crippen molar-refractivity contribution in [3.05, 3.63) is 29.3 Å². The molecule has 7 heteroatoms. The van der Waals surface area contributed by atoms with Crippen molar-refractivity contribution in [1.29, 1.82) is 0 Å². The molecule has 0 radical (unpaired) electrons. The van der Waals surface area contributed by atoms with E-state index in [1.54, 1.807) is 0 Å². The Balaban J connectivity index is 0. The first-order chi connectivity index (χ1) is 11.4. The third-order valence-electron chi connectivity index (χ3n) is 3.59. The number of hydrogen-bond donors (Lipinski definition) is 2. The van der Waals surface area contributed by atoms with Crippen LogP contribution in [0.1, 0.15) is 63.5 Å². The van der Waals surface area contributed by atoms with Crippen molar-refractivity contribution < 1.29 is 29.1 Å². The second-order valence-corrected chi connectivity index (χ2v) is 6.36. The Kier molecular flexibility index (Phi) is 17.6. The van der Waals surface area contributed by atoms with Gasteiger partial charge in [0, 0.05) is 5.69 Å². The van der Waals surface area contributed by atoms with Gasteiger partial charge in [0.15, 0.2) is 0 Å². The number of aryl methyl sites for hydroxylation is 1. The van der Waals surface area contributed by atoms with Crippen LogP contribution in [0, 0.1) is 0 Å². The Morgan fingerprint density at radius 1 is 1.00 bits per heavy atom. The molecule has 0 spiro atoms. The van der Waals surface area contributed by atoms with E-state index >= 15 is 0 Å².